The fraction of sp³-hybridized carbons (Fsp3) is 0.417. The number of halogens is 2. The van der Waals surface area contributed by atoms with Crippen LogP contribution < -0.4 is 10.1 Å². The summed E-state index contributed by atoms with van der Waals surface area (Å²) in [6, 6.07) is 3.07. The highest BCUT2D eigenvalue weighted by molar-refractivity contribution is 6.37. The number of hydrogen-bond donors (Lipinski definition) is 1. The van der Waals surface area contributed by atoms with Gasteiger partial charge in [0.1, 0.15) is 0 Å². The summed E-state index contributed by atoms with van der Waals surface area (Å²) in [5.74, 6) is 0.157. The predicted molar refractivity (Wildman–Crippen MR) is 70.2 cm³/mol. The highest BCUT2D eigenvalue weighted by atomic mass is 35.5. The van der Waals surface area contributed by atoms with Crippen molar-refractivity contribution in [2.45, 2.75) is 26.3 Å². The van der Waals surface area contributed by atoms with Gasteiger partial charge in [-0.3, -0.25) is 4.79 Å². The molecule has 0 heterocycles. The highest BCUT2D eigenvalue weighted by Crippen LogP contribution is 2.33. The quantitative estimate of drug-likeness (QED) is 0.897. The van der Waals surface area contributed by atoms with Gasteiger partial charge >= 0.3 is 0 Å². The number of rotatable bonds is 2. The molecule has 0 saturated heterocycles. The molecule has 1 amide bonds. The molecule has 0 atom stereocenters. The van der Waals surface area contributed by atoms with Crippen molar-refractivity contribution in [1.82, 2.24) is 5.32 Å². The third-order valence-corrected chi connectivity index (χ3v) is 2.51. The van der Waals surface area contributed by atoms with Gasteiger partial charge in [0.25, 0.3) is 5.91 Å². The van der Waals surface area contributed by atoms with Crippen LogP contribution in [0.5, 0.6) is 5.75 Å². The highest BCUT2D eigenvalue weighted by Gasteiger charge is 2.18. The maximum absolute atomic E-state index is 11.9. The lowest BCUT2D eigenvalue weighted by Crippen LogP contribution is -2.40. The molecule has 94 valence electrons. The van der Waals surface area contributed by atoms with Crippen LogP contribution in [0, 0.1) is 0 Å². The van der Waals surface area contributed by atoms with E-state index in [0.717, 1.165) is 0 Å². The molecule has 0 aliphatic heterocycles. The van der Waals surface area contributed by atoms with Gasteiger partial charge in [0.15, 0.2) is 5.75 Å². The van der Waals surface area contributed by atoms with E-state index in [1.165, 1.54) is 19.2 Å². The van der Waals surface area contributed by atoms with Gasteiger partial charge in [-0.15, -0.1) is 0 Å². The van der Waals surface area contributed by atoms with Gasteiger partial charge in [-0.05, 0) is 32.9 Å². The zero-order valence-electron chi connectivity index (χ0n) is 10.2. The number of nitrogens with one attached hydrogen (secondary N) is 1. The summed E-state index contributed by atoms with van der Waals surface area (Å²) in [5, 5.41) is 3.47. The van der Waals surface area contributed by atoms with Gasteiger partial charge in [0.2, 0.25) is 0 Å². The van der Waals surface area contributed by atoms with Crippen molar-refractivity contribution in [3.8, 4) is 5.75 Å². The van der Waals surface area contributed by atoms with Crippen molar-refractivity contribution in [3.05, 3.63) is 27.7 Å². The fourth-order valence-electron chi connectivity index (χ4n) is 1.30. The van der Waals surface area contributed by atoms with Crippen LogP contribution in [0.15, 0.2) is 12.1 Å². The Labute approximate surface area is 111 Å². The average molecular weight is 276 g/mol. The Balaban J connectivity index is 3.05. The van der Waals surface area contributed by atoms with E-state index in [2.05, 4.69) is 5.32 Å². The summed E-state index contributed by atoms with van der Waals surface area (Å²) >= 11 is 11.9. The second-order valence-corrected chi connectivity index (χ2v) is 5.49. The molecular formula is C12H15Cl2NO2. The van der Waals surface area contributed by atoms with Crippen LogP contribution in [0.1, 0.15) is 31.1 Å². The first-order valence-corrected chi connectivity index (χ1v) is 5.86. The number of ether oxygens (including phenoxy) is 1. The Hall–Kier alpha value is -0.930. The van der Waals surface area contributed by atoms with E-state index in [9.17, 15) is 4.79 Å². The number of benzene rings is 1. The Morgan fingerprint density at radius 1 is 1.24 bits per heavy atom. The SMILES string of the molecule is COc1c(Cl)cc(C(=O)NC(C)(C)C)cc1Cl. The molecule has 0 fully saturated rings. The van der Waals surface area contributed by atoms with Crippen molar-refractivity contribution in [3.63, 3.8) is 0 Å². The molecule has 1 aromatic carbocycles. The first kappa shape index (κ1) is 14.1. The predicted octanol–water partition coefficient (Wildman–Crippen LogP) is 3.53. The molecule has 17 heavy (non-hydrogen) atoms. The van der Waals surface area contributed by atoms with Crippen LogP contribution >= 0.6 is 23.2 Å². The third kappa shape index (κ3) is 3.79. The normalized spacial score (nSPS) is 11.2. The standard InChI is InChI=1S/C12H15Cl2NO2/c1-12(2,3)15-11(16)7-5-8(13)10(17-4)9(14)6-7/h5-6H,1-4H3,(H,15,16). The van der Waals surface area contributed by atoms with Gasteiger partial charge in [-0.2, -0.15) is 0 Å². The molecule has 0 bridgehead atoms. The van der Waals surface area contributed by atoms with Gasteiger partial charge in [0.05, 0.1) is 17.2 Å². The van der Waals surface area contributed by atoms with Gasteiger partial charge in [-0.25, -0.2) is 0 Å². The Kier molecular flexibility index (Phi) is 4.28. The molecule has 1 aromatic rings. The van der Waals surface area contributed by atoms with Gasteiger partial charge < -0.3 is 10.1 Å². The monoisotopic (exact) mass is 275 g/mol. The van der Waals surface area contributed by atoms with Crippen LogP contribution in [-0.2, 0) is 0 Å². The van der Waals surface area contributed by atoms with Crippen LogP contribution in [-0.4, -0.2) is 18.6 Å². The Morgan fingerprint density at radius 2 is 1.71 bits per heavy atom. The maximum Gasteiger partial charge on any atom is 0.251 e. The van der Waals surface area contributed by atoms with Crippen molar-refractivity contribution in [2.75, 3.05) is 7.11 Å². The first-order valence-electron chi connectivity index (χ1n) is 5.10. The lowest BCUT2D eigenvalue weighted by Gasteiger charge is -2.20. The summed E-state index contributed by atoms with van der Waals surface area (Å²) in [6.45, 7) is 5.70. The van der Waals surface area contributed by atoms with Crippen molar-refractivity contribution in [2.24, 2.45) is 0 Å². The van der Waals surface area contributed by atoms with E-state index in [1.54, 1.807) is 0 Å². The fourth-order valence-corrected chi connectivity index (χ4v) is 1.94. The largest absolute Gasteiger partial charge is 0.494 e. The van der Waals surface area contributed by atoms with Crippen LogP contribution in [0.2, 0.25) is 10.0 Å². The number of amides is 1. The molecule has 5 heteroatoms. The Bertz CT molecular complexity index is 416. The smallest absolute Gasteiger partial charge is 0.251 e. The summed E-state index contributed by atoms with van der Waals surface area (Å²) < 4.78 is 5.02. The molecule has 0 aliphatic carbocycles. The zero-order chi connectivity index (χ0) is 13.2. The summed E-state index contributed by atoms with van der Waals surface area (Å²) in [5.41, 5.74) is 0.103. The number of methoxy groups -OCH3 is 1. The van der Waals surface area contributed by atoms with E-state index >= 15 is 0 Å². The van der Waals surface area contributed by atoms with E-state index < -0.39 is 0 Å². The second kappa shape index (κ2) is 5.15. The average Bonchev–Trinajstić information content (AvgIpc) is 2.14. The molecule has 1 rings (SSSR count). The van der Waals surface area contributed by atoms with Crippen LogP contribution in [0.3, 0.4) is 0 Å². The first-order chi connectivity index (χ1) is 7.74. The Morgan fingerprint density at radius 3 is 2.06 bits per heavy atom. The topological polar surface area (TPSA) is 38.3 Å². The molecule has 0 spiro atoms. The molecule has 3 nitrogen and oxygen atoms in total. The van der Waals surface area contributed by atoms with Gasteiger partial charge in [-0.1, -0.05) is 23.2 Å². The number of hydrogen-bond acceptors (Lipinski definition) is 2. The zero-order valence-corrected chi connectivity index (χ0v) is 11.7. The van der Waals surface area contributed by atoms with Crippen molar-refractivity contribution in [1.29, 1.82) is 0 Å². The molecule has 1 N–H and O–H groups in total. The van der Waals surface area contributed by atoms with Crippen LogP contribution in [0.4, 0.5) is 0 Å². The molecule has 0 aromatic heterocycles. The minimum absolute atomic E-state index is 0.219. The van der Waals surface area contributed by atoms with E-state index in [4.69, 9.17) is 27.9 Å². The minimum atomic E-state index is -0.310. The van der Waals surface area contributed by atoms with Crippen molar-refractivity contribution >= 4 is 29.1 Å². The van der Waals surface area contributed by atoms with Crippen molar-refractivity contribution < 1.29 is 9.53 Å². The summed E-state index contributed by atoms with van der Waals surface area (Å²) in [6.07, 6.45) is 0. The lowest BCUT2D eigenvalue weighted by atomic mass is 10.1. The van der Waals surface area contributed by atoms with Gasteiger partial charge in [0, 0.05) is 11.1 Å². The number of carbonyl (C=O) groups excluding carboxylic acids is 1. The molecule has 0 radical (unpaired) electrons. The van der Waals surface area contributed by atoms with E-state index in [0.29, 0.717) is 21.4 Å². The minimum Gasteiger partial charge on any atom is -0.494 e. The molecule has 0 saturated carbocycles. The lowest BCUT2D eigenvalue weighted by molar-refractivity contribution is 0.0919. The van der Waals surface area contributed by atoms with E-state index in [1.807, 2.05) is 20.8 Å². The summed E-state index contributed by atoms with van der Waals surface area (Å²) in [7, 11) is 1.47. The second-order valence-electron chi connectivity index (χ2n) is 4.68. The molecule has 0 unspecified atom stereocenters. The summed E-state index contributed by atoms with van der Waals surface area (Å²) in [4.78, 5) is 11.9. The third-order valence-electron chi connectivity index (χ3n) is 1.95. The number of carbonyl (C=O) groups is 1. The molecule has 0 aliphatic rings. The molecular weight excluding hydrogens is 261 g/mol. The van der Waals surface area contributed by atoms with E-state index in [-0.39, 0.29) is 11.4 Å². The maximum atomic E-state index is 11.9. The van der Waals surface area contributed by atoms with Crippen LogP contribution in [0.25, 0.3) is 0 Å².